The number of aromatic nitrogens is 2. The van der Waals surface area contributed by atoms with Crippen molar-refractivity contribution < 1.29 is 9.53 Å². The molecule has 0 aliphatic heterocycles. The highest BCUT2D eigenvalue weighted by Gasteiger charge is 2.17. The number of carbonyl (C=O) groups excluding carboxylic acids is 1. The maximum Gasteiger partial charge on any atom is 0.234 e. The van der Waals surface area contributed by atoms with Crippen LogP contribution in [0.5, 0.6) is 5.75 Å². The molecule has 1 heterocycles. The Balaban J connectivity index is 1.61. The second-order valence-electron chi connectivity index (χ2n) is 8.04. The highest BCUT2D eigenvalue weighted by molar-refractivity contribution is 7.99. The van der Waals surface area contributed by atoms with Crippen LogP contribution < -0.4 is 10.1 Å². The largest absolute Gasteiger partial charge is 0.495 e. The number of anilines is 1. The van der Waals surface area contributed by atoms with Gasteiger partial charge in [0.1, 0.15) is 5.75 Å². The quantitative estimate of drug-likeness (QED) is 0.268. The Hall–Kier alpha value is -3.22. The number of carbonyl (C=O) groups is 1. The summed E-state index contributed by atoms with van der Waals surface area (Å²) in [7, 11) is 1.64. The van der Waals surface area contributed by atoms with E-state index in [-0.39, 0.29) is 11.7 Å². The number of benzene rings is 3. The van der Waals surface area contributed by atoms with Crippen LogP contribution in [-0.2, 0) is 4.79 Å². The maximum absolute atomic E-state index is 12.8. The third-order valence-electron chi connectivity index (χ3n) is 5.35. The van der Waals surface area contributed by atoms with Crippen molar-refractivity contribution in [2.75, 3.05) is 18.2 Å². The summed E-state index contributed by atoms with van der Waals surface area (Å²) in [5.74, 6) is 1.18. The van der Waals surface area contributed by atoms with Crippen molar-refractivity contribution in [2.24, 2.45) is 0 Å². The molecule has 1 N–H and O–H groups in total. The normalized spacial score (nSPS) is 11.0. The summed E-state index contributed by atoms with van der Waals surface area (Å²) in [6, 6.07) is 23.2. The van der Waals surface area contributed by atoms with Gasteiger partial charge in [0.25, 0.3) is 0 Å². The van der Waals surface area contributed by atoms with Crippen molar-refractivity contribution in [3.05, 3.63) is 89.6 Å². The van der Waals surface area contributed by atoms with Gasteiger partial charge in [-0.3, -0.25) is 9.36 Å². The number of halogens is 1. The molecular formula is C27H26ClN3O2S. The number of hydrogen-bond donors (Lipinski definition) is 1. The number of imidazole rings is 1. The number of nitrogens with one attached hydrogen (secondary N) is 1. The first kappa shape index (κ1) is 23.9. The Kier molecular flexibility index (Phi) is 7.60. The zero-order chi connectivity index (χ0) is 24.1. The Morgan fingerprint density at radius 2 is 1.76 bits per heavy atom. The van der Waals surface area contributed by atoms with Crippen LogP contribution in [-0.4, -0.2) is 28.3 Å². The number of thioether (sulfide) groups is 1. The molecule has 0 saturated carbocycles. The summed E-state index contributed by atoms with van der Waals surface area (Å²) < 4.78 is 7.53. The molecule has 0 radical (unpaired) electrons. The first-order valence-electron chi connectivity index (χ1n) is 11.0. The highest BCUT2D eigenvalue weighted by atomic mass is 35.5. The van der Waals surface area contributed by atoms with Crippen LogP contribution in [0.25, 0.3) is 16.9 Å². The molecule has 0 bridgehead atoms. The lowest BCUT2D eigenvalue weighted by molar-refractivity contribution is -0.113. The van der Waals surface area contributed by atoms with Gasteiger partial charge >= 0.3 is 0 Å². The molecule has 0 saturated heterocycles. The van der Waals surface area contributed by atoms with Gasteiger partial charge in [-0.25, -0.2) is 4.98 Å². The third kappa shape index (κ3) is 5.46. The standard InChI is InChI=1S/C27H26ClN3O2S/c1-18(2)21-8-4-5-9-22(21)29-26(32)17-34-27-30-23(19-12-14-20(28)15-13-19)16-31(27)24-10-6-7-11-25(24)33-3/h4-16,18H,17H2,1-3H3,(H,29,32). The van der Waals surface area contributed by atoms with E-state index in [0.717, 1.165) is 33.9 Å². The van der Waals surface area contributed by atoms with Crippen LogP contribution >= 0.6 is 23.4 Å². The van der Waals surface area contributed by atoms with Crippen molar-refractivity contribution in [3.63, 3.8) is 0 Å². The molecule has 34 heavy (non-hydrogen) atoms. The van der Waals surface area contributed by atoms with E-state index in [0.29, 0.717) is 16.1 Å². The van der Waals surface area contributed by atoms with Gasteiger partial charge in [-0.1, -0.05) is 79.7 Å². The van der Waals surface area contributed by atoms with E-state index in [4.69, 9.17) is 21.3 Å². The SMILES string of the molecule is COc1ccccc1-n1cc(-c2ccc(Cl)cc2)nc1SCC(=O)Nc1ccccc1C(C)C. The van der Waals surface area contributed by atoms with Crippen LogP contribution in [0.1, 0.15) is 25.3 Å². The number of para-hydroxylation sites is 3. The number of nitrogens with zero attached hydrogens (tertiary/aromatic N) is 2. The third-order valence-corrected chi connectivity index (χ3v) is 6.55. The number of rotatable bonds is 8. The van der Waals surface area contributed by atoms with Gasteiger partial charge in [0.05, 0.1) is 24.2 Å². The zero-order valence-electron chi connectivity index (χ0n) is 19.3. The molecule has 5 nitrogen and oxygen atoms in total. The van der Waals surface area contributed by atoms with Crippen LogP contribution in [0.4, 0.5) is 5.69 Å². The van der Waals surface area contributed by atoms with E-state index in [1.54, 1.807) is 7.11 Å². The van der Waals surface area contributed by atoms with Crippen molar-refractivity contribution in [2.45, 2.75) is 24.9 Å². The topological polar surface area (TPSA) is 56.2 Å². The minimum Gasteiger partial charge on any atom is -0.495 e. The van der Waals surface area contributed by atoms with Gasteiger partial charge < -0.3 is 10.1 Å². The minimum absolute atomic E-state index is 0.0827. The van der Waals surface area contributed by atoms with Crippen LogP contribution in [0.3, 0.4) is 0 Å². The average molecular weight is 492 g/mol. The fourth-order valence-electron chi connectivity index (χ4n) is 3.66. The molecule has 0 aliphatic rings. The van der Waals surface area contributed by atoms with Crippen LogP contribution in [0, 0.1) is 0 Å². The number of methoxy groups -OCH3 is 1. The summed E-state index contributed by atoms with van der Waals surface area (Å²) in [4.78, 5) is 17.7. The maximum atomic E-state index is 12.8. The zero-order valence-corrected chi connectivity index (χ0v) is 20.9. The first-order chi connectivity index (χ1) is 16.5. The first-order valence-corrected chi connectivity index (χ1v) is 12.3. The molecule has 0 aliphatic carbocycles. The number of amides is 1. The predicted octanol–water partition coefficient (Wildman–Crippen LogP) is 7.06. The monoisotopic (exact) mass is 491 g/mol. The van der Waals surface area contributed by atoms with Gasteiger partial charge in [0.15, 0.2) is 5.16 Å². The van der Waals surface area contributed by atoms with Crippen LogP contribution in [0.15, 0.2) is 84.1 Å². The smallest absolute Gasteiger partial charge is 0.234 e. The molecule has 0 spiro atoms. The fraction of sp³-hybridized carbons (Fsp3) is 0.185. The van der Waals surface area contributed by atoms with E-state index in [1.165, 1.54) is 11.8 Å². The lowest BCUT2D eigenvalue weighted by Gasteiger charge is -2.14. The van der Waals surface area contributed by atoms with Crippen molar-refractivity contribution >= 4 is 35.0 Å². The molecular weight excluding hydrogens is 466 g/mol. The van der Waals surface area contributed by atoms with E-state index in [9.17, 15) is 4.79 Å². The fourth-order valence-corrected chi connectivity index (χ4v) is 4.57. The van der Waals surface area contributed by atoms with Crippen LogP contribution in [0.2, 0.25) is 5.02 Å². The summed E-state index contributed by atoms with van der Waals surface area (Å²) in [6.07, 6.45) is 1.95. The molecule has 0 unspecified atom stereocenters. The number of ether oxygens (including phenoxy) is 1. The van der Waals surface area contributed by atoms with Crippen molar-refractivity contribution in [3.8, 4) is 22.7 Å². The van der Waals surface area contributed by atoms with Gasteiger partial charge in [-0.15, -0.1) is 0 Å². The lowest BCUT2D eigenvalue weighted by Crippen LogP contribution is -2.16. The Morgan fingerprint density at radius 3 is 2.50 bits per heavy atom. The van der Waals surface area contributed by atoms with Gasteiger partial charge in [0, 0.05) is 22.5 Å². The average Bonchev–Trinajstić information content (AvgIpc) is 3.27. The minimum atomic E-state index is -0.0827. The summed E-state index contributed by atoms with van der Waals surface area (Å²) >= 11 is 7.44. The molecule has 4 rings (SSSR count). The summed E-state index contributed by atoms with van der Waals surface area (Å²) in [6.45, 7) is 4.23. The van der Waals surface area contributed by atoms with E-state index in [2.05, 4.69) is 19.2 Å². The second-order valence-corrected chi connectivity index (χ2v) is 9.42. The van der Waals surface area contributed by atoms with Gasteiger partial charge in [0.2, 0.25) is 5.91 Å². The summed E-state index contributed by atoms with van der Waals surface area (Å²) in [5, 5.41) is 4.42. The molecule has 1 amide bonds. The van der Waals surface area contributed by atoms with Gasteiger partial charge in [-0.05, 0) is 41.8 Å². The highest BCUT2D eigenvalue weighted by Crippen LogP contribution is 2.32. The molecule has 7 heteroatoms. The lowest BCUT2D eigenvalue weighted by atomic mass is 10.0. The van der Waals surface area contributed by atoms with Crippen molar-refractivity contribution in [1.29, 1.82) is 0 Å². The Labute approximate surface area is 209 Å². The molecule has 1 aromatic heterocycles. The molecule has 3 aromatic carbocycles. The summed E-state index contributed by atoms with van der Waals surface area (Å²) in [5.41, 5.74) is 4.54. The Bertz CT molecular complexity index is 1290. The Morgan fingerprint density at radius 1 is 1.06 bits per heavy atom. The number of hydrogen-bond acceptors (Lipinski definition) is 4. The van der Waals surface area contributed by atoms with E-state index in [1.807, 2.05) is 83.6 Å². The van der Waals surface area contributed by atoms with E-state index >= 15 is 0 Å². The molecule has 174 valence electrons. The van der Waals surface area contributed by atoms with E-state index < -0.39 is 0 Å². The molecule has 4 aromatic rings. The molecule has 0 fully saturated rings. The molecule has 0 atom stereocenters. The second kappa shape index (κ2) is 10.8. The van der Waals surface area contributed by atoms with Crippen molar-refractivity contribution in [1.82, 2.24) is 9.55 Å². The van der Waals surface area contributed by atoms with Gasteiger partial charge in [-0.2, -0.15) is 0 Å². The predicted molar refractivity (Wildman–Crippen MR) is 140 cm³/mol.